The lowest BCUT2D eigenvalue weighted by molar-refractivity contribution is 0.496. The lowest BCUT2D eigenvalue weighted by atomic mass is 10.0. The Bertz CT molecular complexity index is 525. The molecule has 0 aliphatic heterocycles. The molecule has 2 rings (SSSR count). The normalized spacial score (nSPS) is 11.1. The second kappa shape index (κ2) is 5.40. The maximum Gasteiger partial charge on any atom is 0.125 e. The van der Waals surface area contributed by atoms with Crippen LogP contribution >= 0.6 is 0 Å². The van der Waals surface area contributed by atoms with E-state index in [0.29, 0.717) is 0 Å². The SMILES string of the molecule is CCCn1nc(C)c(-c2ccoc2CNC)c1C. The molecule has 0 amide bonds. The van der Waals surface area contributed by atoms with Gasteiger partial charge in [-0.2, -0.15) is 5.10 Å². The molecule has 0 saturated carbocycles. The molecule has 1 N–H and O–H groups in total. The molecule has 0 atom stereocenters. The van der Waals surface area contributed by atoms with E-state index in [-0.39, 0.29) is 0 Å². The molecule has 0 fully saturated rings. The van der Waals surface area contributed by atoms with Crippen molar-refractivity contribution in [3.05, 3.63) is 29.5 Å². The number of hydrogen-bond acceptors (Lipinski definition) is 3. The van der Waals surface area contributed by atoms with Gasteiger partial charge in [0.25, 0.3) is 0 Å². The molecule has 0 aliphatic carbocycles. The lowest BCUT2D eigenvalue weighted by Crippen LogP contribution is -2.05. The molecule has 0 aliphatic rings. The number of furan rings is 1. The van der Waals surface area contributed by atoms with Crippen LogP contribution in [0.25, 0.3) is 11.1 Å². The van der Waals surface area contributed by atoms with Gasteiger partial charge in [0.2, 0.25) is 0 Å². The molecule has 2 heterocycles. The Balaban J connectivity index is 2.46. The minimum absolute atomic E-state index is 0.736. The van der Waals surface area contributed by atoms with Crippen molar-refractivity contribution in [2.75, 3.05) is 7.05 Å². The van der Waals surface area contributed by atoms with Gasteiger partial charge in [0.05, 0.1) is 18.5 Å². The van der Waals surface area contributed by atoms with Crippen LogP contribution in [0.1, 0.15) is 30.5 Å². The Morgan fingerprint density at radius 3 is 2.83 bits per heavy atom. The standard InChI is InChI=1S/C14H21N3O/c1-5-7-17-11(3)14(10(2)16-17)12-6-8-18-13(12)9-15-4/h6,8,15H,5,7,9H2,1-4H3. The molecule has 18 heavy (non-hydrogen) atoms. The highest BCUT2D eigenvalue weighted by Gasteiger charge is 2.17. The van der Waals surface area contributed by atoms with Gasteiger partial charge in [0.15, 0.2) is 0 Å². The summed E-state index contributed by atoms with van der Waals surface area (Å²) in [6.07, 6.45) is 2.84. The Labute approximate surface area is 108 Å². The van der Waals surface area contributed by atoms with Gasteiger partial charge in [-0.05, 0) is 33.4 Å². The van der Waals surface area contributed by atoms with E-state index in [0.717, 1.165) is 36.5 Å². The predicted molar refractivity (Wildman–Crippen MR) is 72.5 cm³/mol. The molecule has 98 valence electrons. The molecule has 0 bridgehead atoms. The number of aromatic nitrogens is 2. The van der Waals surface area contributed by atoms with E-state index in [2.05, 4.69) is 35.9 Å². The number of hydrogen-bond donors (Lipinski definition) is 1. The number of nitrogens with zero attached hydrogens (tertiary/aromatic N) is 2. The van der Waals surface area contributed by atoms with E-state index in [1.54, 1.807) is 6.26 Å². The molecule has 2 aromatic rings. The monoisotopic (exact) mass is 247 g/mol. The van der Waals surface area contributed by atoms with Crippen LogP contribution in [0, 0.1) is 13.8 Å². The van der Waals surface area contributed by atoms with Crippen molar-refractivity contribution in [3.8, 4) is 11.1 Å². The zero-order valence-corrected chi connectivity index (χ0v) is 11.6. The summed E-state index contributed by atoms with van der Waals surface area (Å²) in [7, 11) is 1.92. The summed E-state index contributed by atoms with van der Waals surface area (Å²) in [6.45, 7) is 8.05. The Morgan fingerprint density at radius 1 is 1.39 bits per heavy atom. The minimum Gasteiger partial charge on any atom is -0.467 e. The summed E-state index contributed by atoms with van der Waals surface area (Å²) in [4.78, 5) is 0. The quantitative estimate of drug-likeness (QED) is 0.883. The summed E-state index contributed by atoms with van der Waals surface area (Å²) in [6, 6.07) is 2.03. The van der Waals surface area contributed by atoms with Crippen molar-refractivity contribution in [2.45, 2.75) is 40.3 Å². The summed E-state index contributed by atoms with van der Waals surface area (Å²) in [5, 5.41) is 7.74. The highest BCUT2D eigenvalue weighted by molar-refractivity contribution is 5.70. The fourth-order valence-corrected chi connectivity index (χ4v) is 2.38. The Kier molecular flexibility index (Phi) is 3.87. The molecule has 0 saturated heterocycles. The topological polar surface area (TPSA) is 43.0 Å². The zero-order valence-electron chi connectivity index (χ0n) is 11.6. The van der Waals surface area contributed by atoms with E-state index < -0.39 is 0 Å². The van der Waals surface area contributed by atoms with E-state index in [1.165, 1.54) is 11.3 Å². The van der Waals surface area contributed by atoms with Crippen LogP contribution in [0.15, 0.2) is 16.7 Å². The van der Waals surface area contributed by atoms with Crippen molar-refractivity contribution in [1.82, 2.24) is 15.1 Å². The van der Waals surface area contributed by atoms with Crippen molar-refractivity contribution in [1.29, 1.82) is 0 Å². The summed E-state index contributed by atoms with van der Waals surface area (Å²) < 4.78 is 7.62. The first-order chi connectivity index (χ1) is 8.69. The summed E-state index contributed by atoms with van der Waals surface area (Å²) >= 11 is 0. The zero-order chi connectivity index (χ0) is 13.1. The Hall–Kier alpha value is -1.55. The molecular weight excluding hydrogens is 226 g/mol. The second-order valence-electron chi connectivity index (χ2n) is 4.56. The second-order valence-corrected chi connectivity index (χ2v) is 4.56. The van der Waals surface area contributed by atoms with Crippen LogP contribution in [-0.2, 0) is 13.1 Å². The van der Waals surface area contributed by atoms with Gasteiger partial charge in [-0.25, -0.2) is 0 Å². The molecule has 0 aromatic carbocycles. The highest BCUT2D eigenvalue weighted by Crippen LogP contribution is 2.30. The minimum atomic E-state index is 0.736. The molecule has 0 unspecified atom stereocenters. The number of aryl methyl sites for hydroxylation is 2. The first kappa shape index (κ1) is 12.9. The highest BCUT2D eigenvalue weighted by atomic mass is 16.3. The van der Waals surface area contributed by atoms with Gasteiger partial charge in [-0.15, -0.1) is 0 Å². The van der Waals surface area contributed by atoms with Crippen LogP contribution in [0.4, 0.5) is 0 Å². The average Bonchev–Trinajstić information content (AvgIpc) is 2.87. The molecule has 2 aromatic heterocycles. The lowest BCUT2D eigenvalue weighted by Gasteiger charge is -2.04. The van der Waals surface area contributed by atoms with E-state index >= 15 is 0 Å². The fraction of sp³-hybridized carbons (Fsp3) is 0.500. The van der Waals surface area contributed by atoms with E-state index in [9.17, 15) is 0 Å². The van der Waals surface area contributed by atoms with Crippen molar-refractivity contribution in [2.24, 2.45) is 0 Å². The van der Waals surface area contributed by atoms with Crippen molar-refractivity contribution in [3.63, 3.8) is 0 Å². The van der Waals surface area contributed by atoms with Crippen molar-refractivity contribution < 1.29 is 4.42 Å². The molecule has 0 radical (unpaired) electrons. The predicted octanol–water partition coefficient (Wildman–Crippen LogP) is 2.89. The number of rotatable bonds is 5. The van der Waals surface area contributed by atoms with Gasteiger partial charge in [-0.3, -0.25) is 4.68 Å². The maximum atomic E-state index is 5.54. The third kappa shape index (κ3) is 2.20. The van der Waals surface area contributed by atoms with Gasteiger partial charge in [-0.1, -0.05) is 6.92 Å². The largest absolute Gasteiger partial charge is 0.467 e. The number of nitrogens with one attached hydrogen (secondary N) is 1. The van der Waals surface area contributed by atoms with Gasteiger partial charge >= 0.3 is 0 Å². The third-order valence-electron chi connectivity index (χ3n) is 3.17. The van der Waals surface area contributed by atoms with E-state index in [1.807, 2.05) is 13.1 Å². The average molecular weight is 247 g/mol. The first-order valence-electron chi connectivity index (χ1n) is 6.44. The molecular formula is C14H21N3O. The molecule has 4 nitrogen and oxygen atoms in total. The molecule has 0 spiro atoms. The van der Waals surface area contributed by atoms with E-state index in [4.69, 9.17) is 4.42 Å². The molecule has 4 heteroatoms. The summed E-state index contributed by atoms with van der Waals surface area (Å²) in [5.74, 6) is 0.972. The smallest absolute Gasteiger partial charge is 0.125 e. The fourth-order valence-electron chi connectivity index (χ4n) is 2.38. The van der Waals surface area contributed by atoms with Crippen LogP contribution in [0.2, 0.25) is 0 Å². The van der Waals surface area contributed by atoms with Crippen molar-refractivity contribution >= 4 is 0 Å². The van der Waals surface area contributed by atoms with Crippen LogP contribution in [-0.4, -0.2) is 16.8 Å². The Morgan fingerprint density at radius 2 is 2.17 bits per heavy atom. The van der Waals surface area contributed by atoms with Gasteiger partial charge in [0, 0.05) is 23.4 Å². The first-order valence-corrected chi connectivity index (χ1v) is 6.44. The summed E-state index contributed by atoms with van der Waals surface area (Å²) in [5.41, 5.74) is 4.65. The van der Waals surface area contributed by atoms with Crippen LogP contribution < -0.4 is 5.32 Å². The van der Waals surface area contributed by atoms with Gasteiger partial charge in [0.1, 0.15) is 5.76 Å². The van der Waals surface area contributed by atoms with Gasteiger partial charge < -0.3 is 9.73 Å². The third-order valence-corrected chi connectivity index (χ3v) is 3.17. The van der Waals surface area contributed by atoms with Crippen LogP contribution in [0.5, 0.6) is 0 Å². The van der Waals surface area contributed by atoms with Crippen LogP contribution in [0.3, 0.4) is 0 Å². The maximum absolute atomic E-state index is 5.54.